The minimum absolute atomic E-state index is 0.122. The predicted octanol–water partition coefficient (Wildman–Crippen LogP) is 5.68. The molecule has 3 aromatic rings. The molecule has 1 N–H and O–H groups in total. The van der Waals surface area contributed by atoms with E-state index in [4.69, 9.17) is 16.3 Å². The predicted molar refractivity (Wildman–Crippen MR) is 136 cm³/mol. The summed E-state index contributed by atoms with van der Waals surface area (Å²) in [6, 6.07) is 14.4. The second-order valence-corrected chi connectivity index (χ2v) is 11.0. The van der Waals surface area contributed by atoms with Gasteiger partial charge in [0.05, 0.1) is 32.4 Å². The van der Waals surface area contributed by atoms with Gasteiger partial charge in [-0.15, -0.1) is 0 Å². The molecule has 7 nitrogen and oxygen atoms in total. The van der Waals surface area contributed by atoms with Gasteiger partial charge in [0.2, 0.25) is 0 Å². The average molecular weight is 567 g/mol. The number of hydrogen-bond acceptors (Lipinski definition) is 5. The SMILES string of the molecule is C[C@H](OC(=O)c1cccc(S(=O)(=O)N2c3ccccc3C[C@@H]2C)c1)C(=O)Nc1cc(C(F)(F)F)ccc1Cl. The van der Waals surface area contributed by atoms with Crippen molar-refractivity contribution in [1.29, 1.82) is 0 Å². The Balaban J connectivity index is 1.50. The number of alkyl halides is 3. The van der Waals surface area contributed by atoms with E-state index in [1.807, 2.05) is 12.1 Å². The molecule has 0 bridgehead atoms. The number of amides is 1. The number of carbonyl (C=O) groups is 2. The fourth-order valence-corrected chi connectivity index (χ4v) is 6.02. The number of benzene rings is 3. The molecule has 200 valence electrons. The topological polar surface area (TPSA) is 92.8 Å². The minimum Gasteiger partial charge on any atom is -0.449 e. The Hall–Kier alpha value is -3.57. The first-order valence-corrected chi connectivity index (χ1v) is 13.2. The fourth-order valence-electron chi connectivity index (χ4n) is 4.11. The lowest BCUT2D eigenvalue weighted by Crippen LogP contribution is -2.35. The third kappa shape index (κ3) is 5.48. The zero-order chi connectivity index (χ0) is 27.8. The van der Waals surface area contributed by atoms with Crippen LogP contribution in [0.2, 0.25) is 5.02 Å². The Morgan fingerprint density at radius 2 is 1.79 bits per heavy atom. The molecule has 0 spiro atoms. The van der Waals surface area contributed by atoms with E-state index in [0.717, 1.165) is 23.8 Å². The van der Waals surface area contributed by atoms with Gasteiger partial charge in [-0.2, -0.15) is 13.2 Å². The Labute approximate surface area is 222 Å². The summed E-state index contributed by atoms with van der Waals surface area (Å²) in [4.78, 5) is 25.1. The molecular weight excluding hydrogens is 545 g/mol. The summed E-state index contributed by atoms with van der Waals surface area (Å²) in [6.07, 6.45) is -5.54. The number of hydrogen-bond donors (Lipinski definition) is 1. The molecule has 0 aromatic heterocycles. The number of esters is 1. The van der Waals surface area contributed by atoms with Gasteiger partial charge in [0.25, 0.3) is 15.9 Å². The van der Waals surface area contributed by atoms with Gasteiger partial charge in [0.15, 0.2) is 6.10 Å². The van der Waals surface area contributed by atoms with E-state index in [9.17, 15) is 31.2 Å². The zero-order valence-electron chi connectivity index (χ0n) is 20.1. The first kappa shape index (κ1) is 27.5. The lowest BCUT2D eigenvalue weighted by atomic mass is 10.1. The van der Waals surface area contributed by atoms with E-state index in [0.29, 0.717) is 18.2 Å². The molecule has 1 amide bonds. The first-order chi connectivity index (χ1) is 17.8. The van der Waals surface area contributed by atoms with Gasteiger partial charge in [0.1, 0.15) is 0 Å². The number of nitrogens with zero attached hydrogens (tertiary/aromatic N) is 1. The van der Waals surface area contributed by atoms with Crippen LogP contribution >= 0.6 is 11.6 Å². The van der Waals surface area contributed by atoms with Crippen LogP contribution in [0, 0.1) is 0 Å². The molecular formula is C26H22ClF3N2O5S. The van der Waals surface area contributed by atoms with Crippen molar-refractivity contribution in [1.82, 2.24) is 0 Å². The van der Waals surface area contributed by atoms with Crippen molar-refractivity contribution in [2.75, 3.05) is 9.62 Å². The maximum atomic E-state index is 13.5. The number of para-hydroxylation sites is 1. The van der Waals surface area contributed by atoms with Gasteiger partial charge in [-0.25, -0.2) is 13.2 Å². The van der Waals surface area contributed by atoms with Gasteiger partial charge in [-0.1, -0.05) is 35.9 Å². The maximum Gasteiger partial charge on any atom is 0.416 e. The number of ether oxygens (including phenoxy) is 1. The van der Waals surface area contributed by atoms with Crippen molar-refractivity contribution < 1.29 is 35.9 Å². The molecule has 4 rings (SSSR count). The average Bonchev–Trinajstić information content (AvgIpc) is 3.21. The molecule has 2 atom stereocenters. The highest BCUT2D eigenvalue weighted by molar-refractivity contribution is 7.92. The van der Waals surface area contributed by atoms with E-state index >= 15 is 0 Å². The number of nitrogens with one attached hydrogen (secondary N) is 1. The van der Waals surface area contributed by atoms with Crippen LogP contribution < -0.4 is 9.62 Å². The third-order valence-corrected chi connectivity index (χ3v) is 8.23. The normalized spacial score (nSPS) is 16.1. The van der Waals surface area contributed by atoms with E-state index < -0.39 is 39.7 Å². The second-order valence-electron chi connectivity index (χ2n) is 8.74. The smallest absolute Gasteiger partial charge is 0.416 e. The van der Waals surface area contributed by atoms with Crippen molar-refractivity contribution in [2.24, 2.45) is 0 Å². The number of fused-ring (bicyclic) bond motifs is 1. The summed E-state index contributed by atoms with van der Waals surface area (Å²) >= 11 is 5.90. The van der Waals surface area contributed by atoms with E-state index in [1.165, 1.54) is 29.4 Å². The molecule has 12 heteroatoms. The highest BCUT2D eigenvalue weighted by Crippen LogP contribution is 2.37. The molecule has 0 saturated heterocycles. The molecule has 3 aromatic carbocycles. The minimum atomic E-state index is -4.65. The number of rotatable bonds is 6. The molecule has 0 unspecified atom stereocenters. The van der Waals surface area contributed by atoms with Crippen LogP contribution in [0.5, 0.6) is 0 Å². The first-order valence-electron chi connectivity index (χ1n) is 11.4. The van der Waals surface area contributed by atoms with Crippen LogP contribution in [0.15, 0.2) is 71.6 Å². The summed E-state index contributed by atoms with van der Waals surface area (Å²) in [7, 11) is -4.02. The summed E-state index contributed by atoms with van der Waals surface area (Å²) in [5, 5.41) is 2.08. The number of anilines is 2. The number of carbonyl (C=O) groups excluding carboxylic acids is 2. The molecule has 0 saturated carbocycles. The Morgan fingerprint density at radius 1 is 1.08 bits per heavy atom. The maximum absolute atomic E-state index is 13.5. The molecule has 0 radical (unpaired) electrons. The monoisotopic (exact) mass is 566 g/mol. The van der Waals surface area contributed by atoms with Crippen LogP contribution in [0.3, 0.4) is 0 Å². The summed E-state index contributed by atoms with van der Waals surface area (Å²) < 4.78 is 72.4. The summed E-state index contributed by atoms with van der Waals surface area (Å²) in [5.74, 6) is -1.92. The lowest BCUT2D eigenvalue weighted by molar-refractivity contribution is -0.137. The van der Waals surface area contributed by atoms with Crippen molar-refractivity contribution in [3.8, 4) is 0 Å². The summed E-state index contributed by atoms with van der Waals surface area (Å²) in [5.41, 5.74) is 0.00616. The van der Waals surface area contributed by atoms with E-state index in [1.54, 1.807) is 19.1 Å². The van der Waals surface area contributed by atoms with Crippen molar-refractivity contribution in [3.05, 3.63) is 88.4 Å². The van der Waals surface area contributed by atoms with Crippen LogP contribution in [0.4, 0.5) is 24.5 Å². The van der Waals surface area contributed by atoms with Gasteiger partial charge in [-0.05, 0) is 68.3 Å². The molecule has 1 heterocycles. The third-order valence-electron chi connectivity index (χ3n) is 5.98. The fraction of sp³-hybridized carbons (Fsp3) is 0.231. The molecule has 1 aliphatic heterocycles. The van der Waals surface area contributed by atoms with Gasteiger partial charge in [0, 0.05) is 6.04 Å². The molecule has 0 fully saturated rings. The Morgan fingerprint density at radius 3 is 2.50 bits per heavy atom. The second kappa shape index (κ2) is 10.3. The van der Waals surface area contributed by atoms with Crippen molar-refractivity contribution in [2.45, 2.75) is 43.5 Å². The molecule has 1 aliphatic rings. The quantitative estimate of drug-likeness (QED) is 0.387. The molecule has 38 heavy (non-hydrogen) atoms. The van der Waals surface area contributed by atoms with Crippen LogP contribution in [0.1, 0.15) is 35.3 Å². The van der Waals surface area contributed by atoms with Crippen LogP contribution in [-0.4, -0.2) is 32.4 Å². The standard InChI is InChI=1S/C26H22ClF3N2O5S/c1-15-12-17-6-3-4-9-23(17)32(15)38(35,36)20-8-5-7-18(13-20)25(34)37-16(2)24(33)31-22-14-19(26(28,29)30)10-11-21(22)27/h3-11,13-16H,12H2,1-2H3,(H,31,33)/t15-,16-/m0/s1. The van der Waals surface area contributed by atoms with Crippen LogP contribution in [-0.2, 0) is 32.2 Å². The van der Waals surface area contributed by atoms with Crippen molar-refractivity contribution in [3.63, 3.8) is 0 Å². The van der Waals surface area contributed by atoms with Crippen LogP contribution in [0.25, 0.3) is 0 Å². The Kier molecular flexibility index (Phi) is 7.44. The number of halogens is 4. The summed E-state index contributed by atoms with van der Waals surface area (Å²) in [6.45, 7) is 3.00. The Bertz CT molecular complexity index is 1510. The van der Waals surface area contributed by atoms with Gasteiger partial charge < -0.3 is 10.1 Å². The van der Waals surface area contributed by atoms with Gasteiger partial charge >= 0.3 is 12.1 Å². The number of sulfonamides is 1. The zero-order valence-corrected chi connectivity index (χ0v) is 21.7. The molecule has 0 aliphatic carbocycles. The van der Waals surface area contributed by atoms with E-state index in [2.05, 4.69) is 5.32 Å². The van der Waals surface area contributed by atoms with Crippen molar-refractivity contribution >= 4 is 44.9 Å². The highest BCUT2D eigenvalue weighted by atomic mass is 35.5. The lowest BCUT2D eigenvalue weighted by Gasteiger charge is -2.24. The largest absolute Gasteiger partial charge is 0.449 e. The highest BCUT2D eigenvalue weighted by Gasteiger charge is 2.36. The van der Waals surface area contributed by atoms with E-state index in [-0.39, 0.29) is 27.2 Å². The van der Waals surface area contributed by atoms with Gasteiger partial charge in [-0.3, -0.25) is 9.10 Å².